The van der Waals surface area contributed by atoms with Gasteiger partial charge in [0.15, 0.2) is 0 Å². The Balaban J connectivity index is 2.06. The molecule has 0 aliphatic carbocycles. The number of carbonyl (C=O) groups excluding carboxylic acids is 1. The smallest absolute Gasteiger partial charge is 0.374 e. The highest BCUT2D eigenvalue weighted by Crippen LogP contribution is 2.27. The minimum Gasteiger partial charge on any atom is -0.374 e. The second kappa shape index (κ2) is 7.08. The number of aromatic nitrogens is 2. The van der Waals surface area contributed by atoms with Gasteiger partial charge in [0.25, 0.3) is 0 Å². The third-order valence-corrected chi connectivity index (χ3v) is 3.83. The van der Waals surface area contributed by atoms with Crippen molar-refractivity contribution in [1.29, 1.82) is 0 Å². The van der Waals surface area contributed by atoms with Crippen molar-refractivity contribution in [3.05, 3.63) is 54.6 Å². The normalized spacial score (nSPS) is 10.6. The lowest BCUT2D eigenvalue weighted by atomic mass is 10.1. The Kier molecular flexibility index (Phi) is 4.70. The number of amides is 1. The first-order valence-electron chi connectivity index (χ1n) is 8.02. The number of para-hydroxylation sites is 1. The summed E-state index contributed by atoms with van der Waals surface area (Å²) in [6, 6.07) is 17.6. The van der Waals surface area contributed by atoms with Gasteiger partial charge in [-0.1, -0.05) is 48.5 Å². The maximum atomic E-state index is 12.2. The summed E-state index contributed by atoms with van der Waals surface area (Å²) in [4.78, 5) is 22.6. The molecule has 24 heavy (non-hydrogen) atoms. The quantitative estimate of drug-likeness (QED) is 0.725. The highest BCUT2D eigenvalue weighted by atomic mass is 16.6. The van der Waals surface area contributed by atoms with E-state index in [9.17, 15) is 4.79 Å². The van der Waals surface area contributed by atoms with Crippen LogP contribution in [0.25, 0.3) is 22.2 Å². The van der Waals surface area contributed by atoms with Crippen LogP contribution in [0.5, 0.6) is 6.01 Å². The van der Waals surface area contributed by atoms with Crippen molar-refractivity contribution in [2.75, 3.05) is 13.1 Å². The summed E-state index contributed by atoms with van der Waals surface area (Å²) in [5.74, 6) is 0. The maximum Gasteiger partial charge on any atom is 0.417 e. The molecule has 0 radical (unpaired) electrons. The third kappa shape index (κ3) is 3.20. The van der Waals surface area contributed by atoms with E-state index in [0.717, 1.165) is 22.2 Å². The topological polar surface area (TPSA) is 55.3 Å². The Labute approximate surface area is 140 Å². The molecule has 1 aromatic heterocycles. The number of nitrogens with zero attached hydrogens (tertiary/aromatic N) is 3. The number of carbonyl (C=O) groups is 1. The molecule has 0 aliphatic heterocycles. The van der Waals surface area contributed by atoms with Crippen LogP contribution in [0.15, 0.2) is 54.6 Å². The van der Waals surface area contributed by atoms with Crippen LogP contribution in [0.4, 0.5) is 4.79 Å². The van der Waals surface area contributed by atoms with Crippen molar-refractivity contribution in [3.63, 3.8) is 0 Å². The van der Waals surface area contributed by atoms with E-state index in [4.69, 9.17) is 4.74 Å². The number of ether oxygens (including phenoxy) is 1. The zero-order valence-electron chi connectivity index (χ0n) is 13.8. The van der Waals surface area contributed by atoms with Crippen molar-refractivity contribution in [3.8, 4) is 17.3 Å². The molecule has 0 fully saturated rings. The summed E-state index contributed by atoms with van der Waals surface area (Å²) < 4.78 is 5.39. The lowest BCUT2D eigenvalue weighted by Gasteiger charge is -2.17. The van der Waals surface area contributed by atoms with Gasteiger partial charge in [0.1, 0.15) is 0 Å². The first kappa shape index (κ1) is 15.9. The summed E-state index contributed by atoms with van der Waals surface area (Å²) in [6.07, 6.45) is -0.436. The van der Waals surface area contributed by atoms with E-state index in [1.54, 1.807) is 4.90 Å². The molecule has 0 N–H and O–H groups in total. The van der Waals surface area contributed by atoms with Gasteiger partial charge in [-0.25, -0.2) is 4.79 Å². The lowest BCUT2D eigenvalue weighted by Crippen LogP contribution is -2.33. The SMILES string of the molecule is CCN(CC)C(=O)Oc1nc(-c2ccccc2)c2ccccc2n1. The zero-order chi connectivity index (χ0) is 16.9. The van der Waals surface area contributed by atoms with Crippen LogP contribution in [-0.4, -0.2) is 34.1 Å². The van der Waals surface area contributed by atoms with Crippen molar-refractivity contribution >= 4 is 17.0 Å². The largest absolute Gasteiger partial charge is 0.417 e. The minimum absolute atomic E-state index is 0.0736. The van der Waals surface area contributed by atoms with Crippen molar-refractivity contribution in [2.45, 2.75) is 13.8 Å². The summed E-state index contributed by atoms with van der Waals surface area (Å²) >= 11 is 0. The van der Waals surface area contributed by atoms with E-state index in [1.165, 1.54) is 0 Å². The average molecular weight is 321 g/mol. The molecule has 1 heterocycles. The van der Waals surface area contributed by atoms with Crippen LogP contribution in [0.2, 0.25) is 0 Å². The van der Waals surface area contributed by atoms with E-state index in [1.807, 2.05) is 68.4 Å². The summed E-state index contributed by atoms with van der Waals surface area (Å²) in [5.41, 5.74) is 2.45. The molecule has 0 bridgehead atoms. The van der Waals surface area contributed by atoms with Gasteiger partial charge in [0.05, 0.1) is 11.2 Å². The highest BCUT2D eigenvalue weighted by Gasteiger charge is 2.16. The molecule has 3 rings (SSSR count). The van der Waals surface area contributed by atoms with E-state index in [-0.39, 0.29) is 6.01 Å². The van der Waals surface area contributed by atoms with Gasteiger partial charge in [-0.2, -0.15) is 9.97 Å². The Bertz CT molecular complexity index is 846. The monoisotopic (exact) mass is 321 g/mol. The van der Waals surface area contributed by atoms with Crippen LogP contribution in [-0.2, 0) is 0 Å². The first-order chi connectivity index (χ1) is 11.7. The first-order valence-corrected chi connectivity index (χ1v) is 8.02. The van der Waals surface area contributed by atoms with Crippen LogP contribution in [0.3, 0.4) is 0 Å². The number of hydrogen-bond donors (Lipinski definition) is 0. The molecule has 0 saturated heterocycles. The second-order valence-electron chi connectivity index (χ2n) is 5.28. The van der Waals surface area contributed by atoms with Gasteiger partial charge in [-0.3, -0.25) is 0 Å². The van der Waals surface area contributed by atoms with Crippen molar-refractivity contribution in [2.24, 2.45) is 0 Å². The number of benzene rings is 2. The van der Waals surface area contributed by atoms with E-state index in [2.05, 4.69) is 9.97 Å². The average Bonchev–Trinajstić information content (AvgIpc) is 2.63. The molecule has 0 atom stereocenters. The highest BCUT2D eigenvalue weighted by molar-refractivity contribution is 5.92. The number of rotatable bonds is 4. The Morgan fingerprint density at radius 2 is 1.62 bits per heavy atom. The van der Waals surface area contributed by atoms with Crippen LogP contribution in [0.1, 0.15) is 13.8 Å². The Hall–Kier alpha value is -2.95. The van der Waals surface area contributed by atoms with Gasteiger partial charge in [0, 0.05) is 24.0 Å². The standard InChI is InChI=1S/C19H19N3O2/c1-3-22(4-2)19(23)24-18-20-16-13-9-8-12-15(16)17(21-18)14-10-6-5-7-11-14/h5-13H,3-4H2,1-2H3. The van der Waals surface area contributed by atoms with Gasteiger partial charge in [0.2, 0.25) is 0 Å². The van der Waals surface area contributed by atoms with E-state index < -0.39 is 6.09 Å². The zero-order valence-corrected chi connectivity index (χ0v) is 13.8. The molecule has 5 heteroatoms. The molecular weight excluding hydrogens is 302 g/mol. The van der Waals surface area contributed by atoms with Gasteiger partial charge in [-0.05, 0) is 19.9 Å². The van der Waals surface area contributed by atoms with Crippen molar-refractivity contribution < 1.29 is 9.53 Å². The van der Waals surface area contributed by atoms with Crippen LogP contribution >= 0.6 is 0 Å². The molecule has 0 aliphatic rings. The van der Waals surface area contributed by atoms with E-state index in [0.29, 0.717) is 13.1 Å². The molecule has 2 aromatic carbocycles. The molecule has 0 saturated carbocycles. The van der Waals surface area contributed by atoms with Gasteiger partial charge < -0.3 is 9.64 Å². The third-order valence-electron chi connectivity index (χ3n) is 3.83. The van der Waals surface area contributed by atoms with Crippen molar-refractivity contribution in [1.82, 2.24) is 14.9 Å². The fraction of sp³-hybridized carbons (Fsp3) is 0.211. The molecule has 1 amide bonds. The lowest BCUT2D eigenvalue weighted by molar-refractivity contribution is 0.153. The Morgan fingerprint density at radius 1 is 0.958 bits per heavy atom. The summed E-state index contributed by atoms with van der Waals surface area (Å²) in [5, 5.41) is 0.923. The summed E-state index contributed by atoms with van der Waals surface area (Å²) in [7, 11) is 0. The van der Waals surface area contributed by atoms with E-state index >= 15 is 0 Å². The number of fused-ring (bicyclic) bond motifs is 1. The Morgan fingerprint density at radius 3 is 2.33 bits per heavy atom. The van der Waals surface area contributed by atoms with Crippen LogP contribution in [0, 0.1) is 0 Å². The fourth-order valence-electron chi connectivity index (χ4n) is 2.54. The van der Waals surface area contributed by atoms with Crippen LogP contribution < -0.4 is 4.74 Å². The summed E-state index contributed by atoms with van der Waals surface area (Å²) in [6.45, 7) is 4.96. The molecule has 3 aromatic rings. The van der Waals surface area contributed by atoms with Gasteiger partial charge >= 0.3 is 12.1 Å². The predicted molar refractivity (Wildman–Crippen MR) is 93.9 cm³/mol. The molecule has 0 unspecified atom stereocenters. The molecule has 122 valence electrons. The predicted octanol–water partition coefficient (Wildman–Crippen LogP) is 4.14. The molecular formula is C19H19N3O2. The second-order valence-corrected chi connectivity index (χ2v) is 5.28. The molecule has 0 spiro atoms. The fourth-order valence-corrected chi connectivity index (χ4v) is 2.54. The number of hydrogen-bond acceptors (Lipinski definition) is 4. The minimum atomic E-state index is -0.436. The van der Waals surface area contributed by atoms with Gasteiger partial charge in [-0.15, -0.1) is 0 Å². The molecule has 5 nitrogen and oxygen atoms in total. The maximum absolute atomic E-state index is 12.2.